The predicted molar refractivity (Wildman–Crippen MR) is 82.6 cm³/mol. The first-order valence-corrected chi connectivity index (χ1v) is 7.43. The first-order chi connectivity index (χ1) is 12.3. The van der Waals surface area contributed by atoms with E-state index in [1.807, 2.05) is 37.3 Å². The van der Waals surface area contributed by atoms with Crippen molar-refractivity contribution in [3.8, 4) is 11.6 Å². The van der Waals surface area contributed by atoms with Crippen molar-refractivity contribution in [3.05, 3.63) is 59.7 Å². The summed E-state index contributed by atoms with van der Waals surface area (Å²) in [5.41, 5.74) is 1.07. The molecule has 1 aromatic carbocycles. The molecule has 0 aliphatic heterocycles. The number of aromatic nitrogens is 4. The standard InChI is InChI=1S/C16H12F3N5O2/c1-9(10-5-3-2-4-6-10)22-14(25)11-7-20-12(21-8-11)13-23-15(26-24-13)16(17,18)19/h2-9H,1H3,(H,22,25)/t9-/m1/s1. The Bertz CT molecular complexity index is 894. The van der Waals surface area contributed by atoms with Gasteiger partial charge in [-0.25, -0.2) is 9.97 Å². The average Bonchev–Trinajstić information content (AvgIpc) is 3.13. The van der Waals surface area contributed by atoms with E-state index in [1.165, 1.54) is 12.4 Å². The van der Waals surface area contributed by atoms with E-state index >= 15 is 0 Å². The highest BCUT2D eigenvalue weighted by molar-refractivity contribution is 5.93. The van der Waals surface area contributed by atoms with Gasteiger partial charge in [-0.05, 0) is 12.5 Å². The summed E-state index contributed by atoms with van der Waals surface area (Å²) in [7, 11) is 0. The minimum Gasteiger partial charge on any atom is -0.345 e. The number of benzene rings is 1. The second-order valence-corrected chi connectivity index (χ2v) is 5.32. The predicted octanol–water partition coefficient (Wildman–Crippen LogP) is 3.04. The maximum absolute atomic E-state index is 12.5. The largest absolute Gasteiger partial charge is 0.471 e. The number of nitrogens with zero attached hydrogens (tertiary/aromatic N) is 4. The highest BCUT2D eigenvalue weighted by Gasteiger charge is 2.38. The molecule has 0 aliphatic carbocycles. The average molecular weight is 363 g/mol. The summed E-state index contributed by atoms with van der Waals surface area (Å²) in [6, 6.07) is 9.09. The first kappa shape index (κ1) is 17.5. The van der Waals surface area contributed by atoms with Crippen LogP contribution in [0.3, 0.4) is 0 Å². The molecule has 3 rings (SSSR count). The van der Waals surface area contributed by atoms with E-state index in [1.54, 1.807) is 0 Å². The van der Waals surface area contributed by atoms with Crippen LogP contribution in [0.2, 0.25) is 0 Å². The molecule has 0 fully saturated rings. The van der Waals surface area contributed by atoms with Crippen molar-refractivity contribution in [2.75, 3.05) is 0 Å². The van der Waals surface area contributed by atoms with Crippen molar-refractivity contribution in [3.63, 3.8) is 0 Å². The molecule has 2 heterocycles. The van der Waals surface area contributed by atoms with Gasteiger partial charge in [0.1, 0.15) is 0 Å². The molecule has 0 unspecified atom stereocenters. The van der Waals surface area contributed by atoms with E-state index in [4.69, 9.17) is 0 Å². The van der Waals surface area contributed by atoms with Crippen LogP contribution >= 0.6 is 0 Å². The molecule has 10 heteroatoms. The van der Waals surface area contributed by atoms with Gasteiger partial charge >= 0.3 is 12.1 Å². The maximum atomic E-state index is 12.5. The van der Waals surface area contributed by atoms with Gasteiger partial charge in [0.05, 0.1) is 11.6 Å². The van der Waals surface area contributed by atoms with Gasteiger partial charge in [-0.2, -0.15) is 18.2 Å². The van der Waals surface area contributed by atoms with Crippen LogP contribution in [-0.2, 0) is 6.18 Å². The molecular weight excluding hydrogens is 351 g/mol. The zero-order chi connectivity index (χ0) is 18.7. The molecule has 1 N–H and O–H groups in total. The maximum Gasteiger partial charge on any atom is 0.471 e. The summed E-state index contributed by atoms with van der Waals surface area (Å²) in [5, 5.41) is 5.96. The lowest BCUT2D eigenvalue weighted by atomic mass is 10.1. The summed E-state index contributed by atoms with van der Waals surface area (Å²) < 4.78 is 41.5. The third kappa shape index (κ3) is 3.85. The Morgan fingerprint density at radius 1 is 1.12 bits per heavy atom. The third-order valence-electron chi connectivity index (χ3n) is 3.43. The fraction of sp³-hybridized carbons (Fsp3) is 0.188. The van der Waals surface area contributed by atoms with Gasteiger partial charge in [0.25, 0.3) is 5.91 Å². The molecule has 0 radical (unpaired) electrons. The highest BCUT2D eigenvalue weighted by atomic mass is 19.4. The van der Waals surface area contributed by atoms with Crippen LogP contribution in [0.15, 0.2) is 47.2 Å². The van der Waals surface area contributed by atoms with Gasteiger partial charge in [-0.15, -0.1) is 0 Å². The Labute approximate surface area is 145 Å². The SMILES string of the molecule is C[C@@H](NC(=O)c1cnc(-c2noc(C(F)(F)F)n2)nc1)c1ccccc1. The second-order valence-electron chi connectivity index (χ2n) is 5.32. The Kier molecular flexibility index (Phi) is 4.65. The molecule has 0 saturated carbocycles. The molecule has 7 nitrogen and oxygen atoms in total. The molecule has 0 bridgehead atoms. The topological polar surface area (TPSA) is 93.8 Å². The Morgan fingerprint density at radius 2 is 1.77 bits per heavy atom. The summed E-state index contributed by atoms with van der Waals surface area (Å²) in [6.45, 7) is 1.82. The van der Waals surface area contributed by atoms with E-state index in [2.05, 4.69) is 29.9 Å². The second kappa shape index (κ2) is 6.90. The van der Waals surface area contributed by atoms with Crippen LogP contribution in [0.25, 0.3) is 11.6 Å². The lowest BCUT2D eigenvalue weighted by molar-refractivity contribution is -0.159. The van der Waals surface area contributed by atoms with Gasteiger partial charge < -0.3 is 9.84 Å². The lowest BCUT2D eigenvalue weighted by Crippen LogP contribution is -2.26. The monoisotopic (exact) mass is 363 g/mol. The molecule has 0 spiro atoms. The zero-order valence-electron chi connectivity index (χ0n) is 13.4. The van der Waals surface area contributed by atoms with E-state index in [9.17, 15) is 18.0 Å². The van der Waals surface area contributed by atoms with Crippen molar-refractivity contribution >= 4 is 5.91 Å². The van der Waals surface area contributed by atoms with E-state index in [-0.39, 0.29) is 17.4 Å². The summed E-state index contributed by atoms with van der Waals surface area (Å²) in [4.78, 5) is 23.1. The molecule has 0 saturated heterocycles. The molecule has 0 aliphatic rings. The number of halogens is 3. The van der Waals surface area contributed by atoms with Crippen LogP contribution in [0.5, 0.6) is 0 Å². The fourth-order valence-electron chi connectivity index (χ4n) is 2.10. The Morgan fingerprint density at radius 3 is 2.35 bits per heavy atom. The van der Waals surface area contributed by atoms with Crippen LogP contribution in [0, 0.1) is 0 Å². The first-order valence-electron chi connectivity index (χ1n) is 7.43. The number of carbonyl (C=O) groups is 1. The number of nitrogens with one attached hydrogen (secondary N) is 1. The zero-order valence-corrected chi connectivity index (χ0v) is 13.4. The van der Waals surface area contributed by atoms with Crippen molar-refractivity contribution in [2.45, 2.75) is 19.1 Å². The van der Waals surface area contributed by atoms with Crippen molar-refractivity contribution in [1.29, 1.82) is 0 Å². The van der Waals surface area contributed by atoms with Crippen LogP contribution < -0.4 is 5.32 Å². The van der Waals surface area contributed by atoms with Crippen molar-refractivity contribution < 1.29 is 22.5 Å². The highest BCUT2D eigenvalue weighted by Crippen LogP contribution is 2.28. The van der Waals surface area contributed by atoms with E-state index in [0.717, 1.165) is 5.56 Å². The molecule has 134 valence electrons. The quantitative estimate of drug-likeness (QED) is 0.766. The number of carbonyl (C=O) groups excluding carboxylic acids is 1. The third-order valence-corrected chi connectivity index (χ3v) is 3.43. The molecule has 26 heavy (non-hydrogen) atoms. The van der Waals surface area contributed by atoms with Gasteiger partial charge in [0.2, 0.25) is 11.6 Å². The number of amides is 1. The minimum atomic E-state index is -4.75. The number of hydrogen-bond donors (Lipinski definition) is 1. The number of hydrogen-bond acceptors (Lipinski definition) is 6. The van der Waals surface area contributed by atoms with Gasteiger partial charge in [0, 0.05) is 12.4 Å². The summed E-state index contributed by atoms with van der Waals surface area (Å²) in [6.07, 6.45) is -2.39. The van der Waals surface area contributed by atoms with Gasteiger partial charge in [-0.3, -0.25) is 4.79 Å². The number of alkyl halides is 3. The van der Waals surface area contributed by atoms with Crippen LogP contribution in [0.4, 0.5) is 13.2 Å². The summed E-state index contributed by atoms with van der Waals surface area (Å²) in [5.74, 6) is -2.51. The molecule has 1 atom stereocenters. The fourth-order valence-corrected chi connectivity index (χ4v) is 2.10. The molecule has 2 aromatic heterocycles. The van der Waals surface area contributed by atoms with Gasteiger partial charge in [0.15, 0.2) is 0 Å². The smallest absolute Gasteiger partial charge is 0.345 e. The lowest BCUT2D eigenvalue weighted by Gasteiger charge is -2.13. The normalized spacial score (nSPS) is 12.6. The molecule has 3 aromatic rings. The minimum absolute atomic E-state index is 0.149. The Hall–Kier alpha value is -3.30. The number of rotatable bonds is 4. The summed E-state index contributed by atoms with van der Waals surface area (Å²) >= 11 is 0. The van der Waals surface area contributed by atoms with E-state index in [0.29, 0.717) is 0 Å². The Balaban J connectivity index is 1.71. The van der Waals surface area contributed by atoms with Gasteiger partial charge in [-0.1, -0.05) is 35.5 Å². The van der Waals surface area contributed by atoms with E-state index < -0.39 is 23.8 Å². The van der Waals surface area contributed by atoms with Crippen molar-refractivity contribution in [2.24, 2.45) is 0 Å². The molecule has 1 amide bonds. The molecular formula is C16H12F3N5O2. The van der Waals surface area contributed by atoms with Crippen LogP contribution in [-0.4, -0.2) is 26.0 Å². The van der Waals surface area contributed by atoms with Crippen LogP contribution in [0.1, 0.15) is 34.8 Å². The van der Waals surface area contributed by atoms with Crippen molar-refractivity contribution in [1.82, 2.24) is 25.4 Å².